The molecule has 0 aliphatic heterocycles. The summed E-state index contributed by atoms with van der Waals surface area (Å²) in [5, 5.41) is 4.17. The zero-order chi connectivity index (χ0) is 13.1. The van der Waals surface area contributed by atoms with Crippen molar-refractivity contribution in [1.29, 1.82) is 0 Å². The summed E-state index contributed by atoms with van der Waals surface area (Å²) >= 11 is 0. The molecule has 0 aliphatic rings. The fraction of sp³-hybridized carbons (Fsp3) is 0.357. The fourth-order valence-electron chi connectivity index (χ4n) is 1.89. The van der Waals surface area contributed by atoms with Gasteiger partial charge in [-0.2, -0.15) is 0 Å². The molecule has 0 aliphatic carbocycles. The minimum atomic E-state index is -0.233. The van der Waals surface area contributed by atoms with Crippen LogP contribution in [0.15, 0.2) is 24.3 Å². The van der Waals surface area contributed by atoms with E-state index in [0.717, 1.165) is 35.4 Å². The molecule has 0 fully saturated rings. The lowest BCUT2D eigenvalue weighted by atomic mass is 10.1. The van der Waals surface area contributed by atoms with Crippen LogP contribution in [0.4, 0.5) is 10.1 Å². The van der Waals surface area contributed by atoms with Crippen molar-refractivity contribution in [1.82, 2.24) is 9.88 Å². The maximum atomic E-state index is 13.3. The highest BCUT2D eigenvalue weighted by Gasteiger charge is 2.05. The van der Waals surface area contributed by atoms with E-state index in [4.69, 9.17) is 0 Å². The number of benzene rings is 1. The predicted octanol–water partition coefficient (Wildman–Crippen LogP) is 2.66. The van der Waals surface area contributed by atoms with Crippen LogP contribution in [0.5, 0.6) is 0 Å². The van der Waals surface area contributed by atoms with Crippen LogP contribution in [0.25, 0.3) is 10.9 Å². The largest absolute Gasteiger partial charge is 0.383 e. The molecular formula is C14H18FN3. The number of fused-ring (bicyclic) bond motifs is 1. The first-order valence-corrected chi connectivity index (χ1v) is 6.02. The van der Waals surface area contributed by atoms with Crippen molar-refractivity contribution in [2.75, 3.05) is 32.5 Å². The smallest absolute Gasteiger partial charge is 0.124 e. The molecule has 0 unspecified atom stereocenters. The minimum absolute atomic E-state index is 0.233. The summed E-state index contributed by atoms with van der Waals surface area (Å²) < 4.78 is 13.3. The SMILES string of the molecule is Cc1cc(NCCN(C)C)c2cc(F)ccc2n1. The molecule has 0 saturated carbocycles. The highest BCUT2D eigenvalue weighted by Crippen LogP contribution is 2.23. The average Bonchev–Trinajstić information content (AvgIpc) is 2.29. The highest BCUT2D eigenvalue weighted by atomic mass is 19.1. The van der Waals surface area contributed by atoms with E-state index in [0.29, 0.717) is 0 Å². The van der Waals surface area contributed by atoms with Crippen molar-refractivity contribution in [2.24, 2.45) is 0 Å². The first-order valence-electron chi connectivity index (χ1n) is 6.02. The number of nitrogens with zero attached hydrogens (tertiary/aromatic N) is 2. The molecule has 1 aromatic carbocycles. The van der Waals surface area contributed by atoms with E-state index in [1.54, 1.807) is 6.07 Å². The molecule has 2 aromatic rings. The molecule has 0 radical (unpaired) electrons. The van der Waals surface area contributed by atoms with Crippen molar-refractivity contribution in [3.8, 4) is 0 Å². The third kappa shape index (κ3) is 2.96. The van der Waals surface area contributed by atoms with Gasteiger partial charge in [0, 0.05) is 29.9 Å². The minimum Gasteiger partial charge on any atom is -0.383 e. The standard InChI is InChI=1S/C14H18FN3/c1-10-8-14(16-6-7-18(2)3)12-9-11(15)4-5-13(12)17-10/h4-5,8-9H,6-7H2,1-3H3,(H,16,17). The van der Waals surface area contributed by atoms with Crippen LogP contribution >= 0.6 is 0 Å². The van der Waals surface area contributed by atoms with Gasteiger partial charge in [0.2, 0.25) is 0 Å². The van der Waals surface area contributed by atoms with E-state index in [1.165, 1.54) is 12.1 Å². The Kier molecular flexibility index (Phi) is 3.77. The molecule has 1 N–H and O–H groups in total. The summed E-state index contributed by atoms with van der Waals surface area (Å²) in [6.45, 7) is 3.69. The number of aryl methyl sites for hydroxylation is 1. The summed E-state index contributed by atoms with van der Waals surface area (Å²) in [6, 6.07) is 6.64. The van der Waals surface area contributed by atoms with Crippen LogP contribution in [-0.2, 0) is 0 Å². The van der Waals surface area contributed by atoms with Gasteiger partial charge in [-0.05, 0) is 45.3 Å². The van der Waals surface area contributed by atoms with E-state index < -0.39 is 0 Å². The Morgan fingerprint density at radius 1 is 1.28 bits per heavy atom. The first kappa shape index (κ1) is 12.8. The monoisotopic (exact) mass is 247 g/mol. The molecule has 96 valence electrons. The number of rotatable bonds is 4. The average molecular weight is 247 g/mol. The lowest BCUT2D eigenvalue weighted by molar-refractivity contribution is 0.425. The number of aromatic nitrogens is 1. The van der Waals surface area contributed by atoms with E-state index in [-0.39, 0.29) is 5.82 Å². The van der Waals surface area contributed by atoms with Gasteiger partial charge in [-0.1, -0.05) is 0 Å². The molecule has 4 heteroatoms. The number of halogens is 1. The van der Waals surface area contributed by atoms with Crippen molar-refractivity contribution in [2.45, 2.75) is 6.92 Å². The van der Waals surface area contributed by atoms with Gasteiger partial charge >= 0.3 is 0 Å². The van der Waals surface area contributed by atoms with Gasteiger partial charge in [0.1, 0.15) is 5.82 Å². The van der Waals surface area contributed by atoms with Crippen LogP contribution in [0.3, 0.4) is 0 Å². The Morgan fingerprint density at radius 3 is 2.78 bits per heavy atom. The molecular weight excluding hydrogens is 229 g/mol. The molecule has 0 atom stereocenters. The zero-order valence-electron chi connectivity index (χ0n) is 11.0. The normalized spacial score (nSPS) is 11.2. The Hall–Kier alpha value is -1.68. The number of anilines is 1. The fourth-order valence-corrected chi connectivity index (χ4v) is 1.89. The summed E-state index contributed by atoms with van der Waals surface area (Å²) in [5.41, 5.74) is 2.70. The number of nitrogens with one attached hydrogen (secondary N) is 1. The molecule has 1 heterocycles. The molecule has 1 aromatic heterocycles. The maximum absolute atomic E-state index is 13.3. The quantitative estimate of drug-likeness (QED) is 0.900. The molecule has 0 bridgehead atoms. The Labute approximate surface area is 107 Å². The van der Waals surface area contributed by atoms with E-state index in [9.17, 15) is 4.39 Å². The number of hydrogen-bond donors (Lipinski definition) is 1. The zero-order valence-corrected chi connectivity index (χ0v) is 11.0. The Balaban J connectivity index is 2.32. The van der Waals surface area contributed by atoms with E-state index in [2.05, 4.69) is 15.2 Å². The highest BCUT2D eigenvalue weighted by molar-refractivity contribution is 5.91. The second-order valence-electron chi connectivity index (χ2n) is 4.70. The third-order valence-electron chi connectivity index (χ3n) is 2.77. The van der Waals surface area contributed by atoms with Crippen LogP contribution in [-0.4, -0.2) is 37.1 Å². The molecule has 3 nitrogen and oxygen atoms in total. The van der Waals surface area contributed by atoms with Crippen LogP contribution < -0.4 is 5.32 Å². The molecule has 0 saturated heterocycles. The molecule has 2 rings (SSSR count). The van der Waals surface area contributed by atoms with Crippen molar-refractivity contribution < 1.29 is 4.39 Å². The van der Waals surface area contributed by atoms with Gasteiger partial charge in [-0.25, -0.2) is 4.39 Å². The van der Waals surface area contributed by atoms with Gasteiger partial charge in [0.15, 0.2) is 0 Å². The second kappa shape index (κ2) is 5.31. The van der Waals surface area contributed by atoms with Crippen molar-refractivity contribution >= 4 is 16.6 Å². The van der Waals surface area contributed by atoms with Gasteiger partial charge < -0.3 is 10.2 Å². The van der Waals surface area contributed by atoms with E-state index >= 15 is 0 Å². The number of likely N-dealkylation sites (N-methyl/N-ethyl adjacent to an activating group) is 1. The Morgan fingerprint density at radius 2 is 2.06 bits per heavy atom. The lowest BCUT2D eigenvalue weighted by Gasteiger charge is -2.13. The molecule has 18 heavy (non-hydrogen) atoms. The third-order valence-corrected chi connectivity index (χ3v) is 2.77. The molecule has 0 spiro atoms. The summed E-state index contributed by atoms with van der Waals surface area (Å²) in [5.74, 6) is -0.233. The molecule has 0 amide bonds. The number of pyridine rings is 1. The van der Waals surface area contributed by atoms with Crippen LogP contribution in [0.2, 0.25) is 0 Å². The van der Waals surface area contributed by atoms with Crippen molar-refractivity contribution in [3.63, 3.8) is 0 Å². The number of hydrogen-bond acceptors (Lipinski definition) is 3. The van der Waals surface area contributed by atoms with Gasteiger partial charge in [0.05, 0.1) is 5.52 Å². The second-order valence-corrected chi connectivity index (χ2v) is 4.70. The maximum Gasteiger partial charge on any atom is 0.124 e. The summed E-state index contributed by atoms with van der Waals surface area (Å²) in [7, 11) is 4.05. The lowest BCUT2D eigenvalue weighted by Crippen LogP contribution is -2.20. The predicted molar refractivity (Wildman–Crippen MR) is 73.5 cm³/mol. The van der Waals surface area contributed by atoms with Crippen LogP contribution in [0, 0.1) is 12.7 Å². The van der Waals surface area contributed by atoms with E-state index in [1.807, 2.05) is 27.1 Å². The van der Waals surface area contributed by atoms with Gasteiger partial charge in [-0.15, -0.1) is 0 Å². The van der Waals surface area contributed by atoms with Crippen LogP contribution in [0.1, 0.15) is 5.69 Å². The summed E-state index contributed by atoms with van der Waals surface area (Å²) in [6.07, 6.45) is 0. The topological polar surface area (TPSA) is 28.2 Å². The first-order chi connectivity index (χ1) is 8.56. The van der Waals surface area contributed by atoms with Gasteiger partial charge in [-0.3, -0.25) is 4.98 Å². The van der Waals surface area contributed by atoms with Gasteiger partial charge in [0.25, 0.3) is 0 Å². The summed E-state index contributed by atoms with van der Waals surface area (Å²) in [4.78, 5) is 6.50. The Bertz CT molecular complexity index is 552. The van der Waals surface area contributed by atoms with Crippen molar-refractivity contribution in [3.05, 3.63) is 35.8 Å².